The normalized spacial score (nSPS) is 16.3. The monoisotopic (exact) mass is 469 g/mol. The van der Waals surface area contributed by atoms with E-state index in [0.717, 1.165) is 37.1 Å². The van der Waals surface area contributed by atoms with Crippen LogP contribution >= 0.6 is 35.6 Å². The molecule has 0 unspecified atom stereocenters. The van der Waals surface area contributed by atoms with Gasteiger partial charge in [0.05, 0.1) is 12.1 Å². The lowest BCUT2D eigenvalue weighted by atomic mass is 9.80. The van der Waals surface area contributed by atoms with Crippen LogP contribution in [0.15, 0.2) is 59.7 Å². The number of imidazole rings is 1. The molecule has 0 aliphatic carbocycles. The van der Waals surface area contributed by atoms with Gasteiger partial charge in [-0.1, -0.05) is 35.3 Å². The second-order valence-electron chi connectivity index (χ2n) is 7.70. The van der Waals surface area contributed by atoms with Crippen LogP contribution in [0.3, 0.4) is 0 Å². The van der Waals surface area contributed by atoms with Gasteiger partial charge in [-0.15, -0.1) is 12.4 Å². The van der Waals surface area contributed by atoms with Crippen molar-refractivity contribution in [1.29, 1.82) is 0 Å². The number of halogens is 4. The van der Waals surface area contributed by atoms with Crippen molar-refractivity contribution in [3.63, 3.8) is 0 Å². The van der Waals surface area contributed by atoms with Crippen LogP contribution in [-0.2, 0) is 12.1 Å². The summed E-state index contributed by atoms with van der Waals surface area (Å²) in [6, 6.07) is 11.8. The van der Waals surface area contributed by atoms with Gasteiger partial charge in [0.25, 0.3) is 0 Å². The molecule has 30 heavy (non-hydrogen) atoms. The van der Waals surface area contributed by atoms with Crippen LogP contribution in [-0.4, -0.2) is 34.2 Å². The van der Waals surface area contributed by atoms with Crippen molar-refractivity contribution in [1.82, 2.24) is 14.0 Å². The first-order valence-electron chi connectivity index (χ1n) is 9.55. The van der Waals surface area contributed by atoms with E-state index in [1.54, 1.807) is 33.5 Å². The van der Waals surface area contributed by atoms with Gasteiger partial charge in [0, 0.05) is 35.5 Å². The van der Waals surface area contributed by atoms with Gasteiger partial charge in [-0.05, 0) is 61.3 Å². The zero-order valence-corrected chi connectivity index (χ0v) is 18.9. The standard InChI is InChI=1S/C22H22Cl2FN3O.ClH/c1-26-8-6-22(7-9-26,17-2-4-20(25)5-3-17)28-11-10-27(21(28)29)15-16-12-18(23)14-19(24)13-16;/h2-5,10-14H,6-9,15H2,1H3;1H. The molecule has 0 N–H and O–H groups in total. The average Bonchev–Trinajstić information content (AvgIpc) is 3.03. The molecule has 4 rings (SSSR count). The number of benzene rings is 2. The van der Waals surface area contributed by atoms with Crippen LogP contribution in [0.4, 0.5) is 4.39 Å². The Balaban J connectivity index is 0.00000256. The zero-order valence-electron chi connectivity index (χ0n) is 16.5. The number of aromatic nitrogens is 2. The van der Waals surface area contributed by atoms with E-state index in [1.165, 1.54) is 12.1 Å². The second-order valence-corrected chi connectivity index (χ2v) is 8.57. The highest BCUT2D eigenvalue weighted by Gasteiger charge is 2.38. The van der Waals surface area contributed by atoms with Crippen molar-refractivity contribution in [2.75, 3.05) is 20.1 Å². The Kier molecular flexibility index (Phi) is 6.98. The third kappa shape index (κ3) is 4.45. The van der Waals surface area contributed by atoms with Gasteiger partial charge in [0.1, 0.15) is 5.82 Å². The van der Waals surface area contributed by atoms with Crippen molar-refractivity contribution in [3.05, 3.63) is 92.3 Å². The minimum atomic E-state index is -0.492. The van der Waals surface area contributed by atoms with E-state index in [4.69, 9.17) is 23.2 Å². The summed E-state index contributed by atoms with van der Waals surface area (Å²) in [4.78, 5) is 15.6. The molecule has 1 aliphatic heterocycles. The smallest absolute Gasteiger partial charge is 0.306 e. The molecule has 1 aromatic heterocycles. The van der Waals surface area contributed by atoms with E-state index < -0.39 is 5.54 Å². The van der Waals surface area contributed by atoms with Crippen LogP contribution in [0, 0.1) is 5.82 Å². The average molecular weight is 471 g/mol. The Hall–Kier alpha value is -1.79. The molecule has 1 fully saturated rings. The number of nitrogens with zero attached hydrogens (tertiary/aromatic N) is 3. The lowest BCUT2D eigenvalue weighted by molar-refractivity contribution is 0.158. The fourth-order valence-corrected chi connectivity index (χ4v) is 4.75. The maximum atomic E-state index is 13.5. The minimum Gasteiger partial charge on any atom is -0.306 e. The van der Waals surface area contributed by atoms with E-state index in [0.29, 0.717) is 16.6 Å². The van der Waals surface area contributed by atoms with E-state index in [2.05, 4.69) is 11.9 Å². The summed E-state index contributed by atoms with van der Waals surface area (Å²) in [5, 5.41) is 1.08. The molecule has 0 bridgehead atoms. The Morgan fingerprint density at radius 2 is 1.60 bits per heavy atom. The van der Waals surface area contributed by atoms with Crippen LogP contribution in [0.25, 0.3) is 0 Å². The predicted octanol–water partition coefficient (Wildman–Crippen LogP) is 5.04. The molecular formula is C22H23Cl3FN3O. The van der Waals surface area contributed by atoms with E-state index >= 15 is 0 Å². The summed E-state index contributed by atoms with van der Waals surface area (Å²) in [6.07, 6.45) is 5.19. The van der Waals surface area contributed by atoms with Crippen molar-refractivity contribution in [2.24, 2.45) is 0 Å². The molecule has 8 heteroatoms. The van der Waals surface area contributed by atoms with Gasteiger partial charge in [-0.3, -0.25) is 9.13 Å². The van der Waals surface area contributed by atoms with Crippen molar-refractivity contribution < 1.29 is 4.39 Å². The third-order valence-corrected chi connectivity index (χ3v) is 6.22. The third-order valence-electron chi connectivity index (χ3n) is 5.78. The Labute approximate surface area is 191 Å². The molecule has 3 aromatic rings. The van der Waals surface area contributed by atoms with Crippen molar-refractivity contribution >= 4 is 35.6 Å². The maximum Gasteiger partial charge on any atom is 0.329 e. The summed E-state index contributed by atoms with van der Waals surface area (Å²) < 4.78 is 17.0. The first-order valence-corrected chi connectivity index (χ1v) is 10.3. The number of rotatable bonds is 4. The molecule has 0 atom stereocenters. The Morgan fingerprint density at radius 3 is 2.20 bits per heavy atom. The topological polar surface area (TPSA) is 30.2 Å². The molecular weight excluding hydrogens is 448 g/mol. The fourth-order valence-electron chi connectivity index (χ4n) is 4.18. The van der Waals surface area contributed by atoms with E-state index in [1.807, 2.05) is 18.3 Å². The van der Waals surface area contributed by atoms with Gasteiger partial charge in [-0.25, -0.2) is 9.18 Å². The molecule has 2 aromatic carbocycles. The van der Waals surface area contributed by atoms with Crippen molar-refractivity contribution in [2.45, 2.75) is 24.9 Å². The zero-order chi connectivity index (χ0) is 20.6. The van der Waals surface area contributed by atoms with Gasteiger partial charge in [0.2, 0.25) is 0 Å². The molecule has 0 radical (unpaired) electrons. The van der Waals surface area contributed by atoms with Crippen LogP contribution in [0.5, 0.6) is 0 Å². The predicted molar refractivity (Wildman–Crippen MR) is 122 cm³/mol. The minimum absolute atomic E-state index is 0. The molecule has 160 valence electrons. The molecule has 0 amide bonds. The number of hydrogen-bond acceptors (Lipinski definition) is 2. The summed E-state index contributed by atoms with van der Waals surface area (Å²) in [7, 11) is 2.07. The summed E-state index contributed by atoms with van der Waals surface area (Å²) in [6.45, 7) is 2.10. The maximum absolute atomic E-state index is 13.5. The SMILES string of the molecule is CN1CCC(c2ccc(F)cc2)(n2ccn(Cc3cc(Cl)cc(Cl)c3)c2=O)CC1.Cl. The lowest BCUT2D eigenvalue weighted by Crippen LogP contribution is -2.49. The molecule has 4 nitrogen and oxygen atoms in total. The summed E-state index contributed by atoms with van der Waals surface area (Å²) in [5.41, 5.74) is 1.23. The number of hydrogen-bond donors (Lipinski definition) is 0. The van der Waals surface area contributed by atoms with E-state index in [-0.39, 0.29) is 23.9 Å². The Bertz CT molecular complexity index is 1050. The largest absolute Gasteiger partial charge is 0.329 e. The quantitative estimate of drug-likeness (QED) is 0.535. The molecule has 1 aliphatic rings. The van der Waals surface area contributed by atoms with Crippen LogP contribution in [0.1, 0.15) is 24.0 Å². The molecule has 2 heterocycles. The fraction of sp³-hybridized carbons (Fsp3) is 0.318. The first kappa shape index (κ1) is 22.9. The van der Waals surface area contributed by atoms with Crippen molar-refractivity contribution in [3.8, 4) is 0 Å². The molecule has 0 saturated carbocycles. The first-order chi connectivity index (χ1) is 13.9. The van der Waals surface area contributed by atoms with Crippen LogP contribution in [0.2, 0.25) is 10.0 Å². The van der Waals surface area contributed by atoms with E-state index in [9.17, 15) is 9.18 Å². The van der Waals surface area contributed by atoms with Gasteiger partial charge >= 0.3 is 5.69 Å². The second kappa shape index (κ2) is 9.15. The van der Waals surface area contributed by atoms with Crippen LogP contribution < -0.4 is 5.69 Å². The highest BCUT2D eigenvalue weighted by molar-refractivity contribution is 6.34. The summed E-state index contributed by atoms with van der Waals surface area (Å²) in [5.74, 6) is -0.278. The van der Waals surface area contributed by atoms with Gasteiger partial charge in [0.15, 0.2) is 0 Å². The van der Waals surface area contributed by atoms with Gasteiger partial charge < -0.3 is 4.90 Å². The number of likely N-dealkylation sites (tertiary alicyclic amines) is 1. The highest BCUT2D eigenvalue weighted by Crippen LogP contribution is 2.36. The molecule has 0 spiro atoms. The lowest BCUT2D eigenvalue weighted by Gasteiger charge is -2.41. The highest BCUT2D eigenvalue weighted by atomic mass is 35.5. The molecule has 1 saturated heterocycles. The van der Waals surface area contributed by atoms with Gasteiger partial charge in [-0.2, -0.15) is 0 Å². The number of piperidine rings is 1. The Morgan fingerprint density at radius 1 is 1.00 bits per heavy atom. The summed E-state index contributed by atoms with van der Waals surface area (Å²) >= 11 is 12.2.